The first-order valence-corrected chi connectivity index (χ1v) is 18.3. The van der Waals surface area contributed by atoms with Crippen molar-refractivity contribution in [1.29, 1.82) is 0 Å². The van der Waals surface area contributed by atoms with E-state index in [1.54, 1.807) is 0 Å². The average molecular weight is 1190 g/mol. The molecule has 0 aromatic rings. The van der Waals surface area contributed by atoms with E-state index in [0.717, 1.165) is 0 Å². The average Bonchev–Trinajstić information content (AvgIpc) is 3.81. The van der Waals surface area contributed by atoms with Crippen molar-refractivity contribution in [2.75, 3.05) is 0 Å². The minimum absolute atomic E-state index is 0. The zero-order valence-electron chi connectivity index (χ0n) is 35.9. The first kappa shape index (κ1) is 66.7. The van der Waals surface area contributed by atoms with E-state index in [9.17, 15) is 17.3 Å². The molecule has 0 radical (unpaired) electrons. The fraction of sp³-hybridized carbons (Fsp3) is 0.600. The fourth-order valence-electron chi connectivity index (χ4n) is 7.43. The third kappa shape index (κ3) is 16.2. The van der Waals surface area contributed by atoms with Gasteiger partial charge in [0.05, 0.1) is 0 Å². The molecular weight excluding hydrogens is 1140 g/mol. The molecule has 0 aromatic heterocycles. The van der Waals surface area contributed by atoms with Gasteiger partial charge in [-0.3, -0.25) is 24.3 Å². The first-order chi connectivity index (χ1) is 25.2. The maximum atomic E-state index is 9.89. The Morgan fingerprint density at radius 3 is 0.483 bits per heavy atom. The second kappa shape index (κ2) is 25.7. The largest absolute Gasteiger partial charge is 3.00 e. The number of fused-ring (bicyclic) bond motifs is 8. The predicted octanol–water partition coefficient (Wildman–Crippen LogP) is 1.52. The Balaban J connectivity index is -0.000000306. The Morgan fingerprint density at radius 2 is 0.467 bits per heavy atom. The van der Waals surface area contributed by atoms with E-state index in [1.807, 2.05) is 0 Å². The van der Waals surface area contributed by atoms with Crippen molar-refractivity contribution in [3.63, 3.8) is 0 Å². The molecule has 8 aliphatic carbocycles. The summed E-state index contributed by atoms with van der Waals surface area (Å²) in [6.45, 7) is 27.6. The summed E-state index contributed by atoms with van der Waals surface area (Å²) in [5.74, 6) is 0. The van der Waals surface area contributed by atoms with Gasteiger partial charge in [0, 0.05) is 0 Å². The summed E-state index contributed by atoms with van der Waals surface area (Å²) in [7, 11) is -12.7. The van der Waals surface area contributed by atoms with Crippen LogP contribution in [0.25, 0.3) is 0 Å². The third-order valence-electron chi connectivity index (χ3n) is 13.5. The molecule has 8 nitrogen and oxygen atoms in total. The topological polar surface area (TPSA) is 184 Å². The van der Waals surface area contributed by atoms with Gasteiger partial charge in [-0.05, 0) is 0 Å². The van der Waals surface area contributed by atoms with Gasteiger partial charge in [-0.15, -0.1) is 0 Å². The van der Waals surface area contributed by atoms with Crippen LogP contribution >= 0.6 is 0 Å². The molecule has 0 fully saturated rings. The molecule has 4 atom stereocenters. The van der Waals surface area contributed by atoms with Gasteiger partial charge in [0.25, 0.3) is 0 Å². The van der Waals surface area contributed by atoms with Crippen LogP contribution < -0.4 is 40.2 Å². The minimum Gasteiger partial charge on any atom is -0.867 e. The number of hydrogen-bond acceptors (Lipinski definition) is 8. The van der Waals surface area contributed by atoms with Crippen LogP contribution in [-0.2, 0) is 77.9 Å². The molecule has 4 unspecified atom stereocenters. The molecule has 8 bridgehead atoms. The summed E-state index contributed by atoms with van der Waals surface area (Å²) in [6, 6.07) is 0. The second-order valence-electron chi connectivity index (χ2n) is 17.5. The monoisotopic (exact) mass is 1190 g/mol. The maximum absolute atomic E-state index is 9.89. The zero-order chi connectivity index (χ0) is 43.9. The van der Waals surface area contributed by atoms with Crippen molar-refractivity contribution in [1.82, 2.24) is 0 Å². The Labute approximate surface area is 409 Å². The first-order valence-electron chi connectivity index (χ1n) is 18.3. The van der Waals surface area contributed by atoms with Crippen molar-refractivity contribution in [3.8, 4) is 0 Å². The van der Waals surface area contributed by atoms with Gasteiger partial charge in [0.15, 0.2) is 0 Å². The molecule has 8 aliphatic rings. The van der Waals surface area contributed by atoms with E-state index in [1.165, 1.54) is 48.0 Å². The van der Waals surface area contributed by atoms with Gasteiger partial charge in [0.1, 0.15) is 29.6 Å². The molecule has 0 amide bonds. The fourth-order valence-corrected chi connectivity index (χ4v) is 7.43. The Hall–Kier alpha value is 0.0732. The summed E-state index contributed by atoms with van der Waals surface area (Å²) >= 11 is 0. The molecule has 8 rings (SSSR count). The van der Waals surface area contributed by atoms with Crippen molar-refractivity contribution in [2.45, 2.75) is 109 Å². The van der Waals surface area contributed by atoms with Gasteiger partial charge < -0.3 is 57.5 Å². The number of halogens is 4. The van der Waals surface area contributed by atoms with E-state index in [0.29, 0.717) is 43.3 Å². The summed E-state index contributed by atoms with van der Waals surface area (Å²) < 4.78 is 39.6. The zero-order valence-corrected chi connectivity index (χ0v) is 42.4. The molecule has 0 saturated carbocycles. The molecule has 0 spiro atoms. The SMILES string of the molecule is CC12[C-]=CC(=CC1)C2(C)C.CC12[C-]=CC(=CC1)C2(C)C.CC12[C-]=CC(=CC1)C2(C)C.CC12[C-]=CC(=CC1)C2(C)C.[O-]B([O-])F.[O-]B([O-])F.[O-]B([O-])F.[O-]B([O-])F.[Rh+3].[Rh+3].[Rh+3].[Rh+3]. The maximum Gasteiger partial charge on any atom is 3.00 e. The van der Waals surface area contributed by atoms with Crippen LogP contribution in [0, 0.1) is 67.6 Å². The predicted molar refractivity (Wildman–Crippen MR) is 197 cm³/mol. The molecule has 336 valence electrons. The van der Waals surface area contributed by atoms with E-state index >= 15 is 0 Å². The second-order valence-corrected chi connectivity index (χ2v) is 17.5. The molecule has 20 heteroatoms. The Bertz CT molecular complexity index is 1370. The van der Waals surface area contributed by atoms with Crippen molar-refractivity contribution < 1.29 is 135 Å². The van der Waals surface area contributed by atoms with Gasteiger partial charge in [-0.2, -0.15) is 46.6 Å². The van der Waals surface area contributed by atoms with Gasteiger partial charge in [-0.25, -0.2) is 24.3 Å². The number of allylic oxidation sites excluding steroid dienone is 16. The molecule has 60 heavy (non-hydrogen) atoms. The van der Waals surface area contributed by atoms with Crippen LogP contribution in [0.5, 0.6) is 0 Å². The molecular formula is C40H52B4F4O8Rh4. The standard InChI is InChI=1S/4C10H13.4BFO2.4Rh/c4*1-9(2)8-4-6-10(9,3)7-5-8;4*2-1(3)4;;;;/h4*4-5H,6H2,1-3H3;;;;;;;;/q4*-1;4*-2;4*+3. The van der Waals surface area contributed by atoms with Crippen LogP contribution in [0.4, 0.5) is 17.3 Å². The summed E-state index contributed by atoms with van der Waals surface area (Å²) in [5.41, 5.74) is 8.57. The summed E-state index contributed by atoms with van der Waals surface area (Å²) in [5, 5.41) is 66.4. The van der Waals surface area contributed by atoms with E-state index in [-0.39, 0.29) is 77.9 Å². The third-order valence-corrected chi connectivity index (χ3v) is 13.5. The van der Waals surface area contributed by atoms with Crippen LogP contribution in [0.1, 0.15) is 109 Å². The van der Waals surface area contributed by atoms with Crippen molar-refractivity contribution >= 4 is 29.6 Å². The number of rotatable bonds is 0. The molecule has 0 aliphatic heterocycles. The van der Waals surface area contributed by atoms with Crippen LogP contribution in [0.2, 0.25) is 0 Å². The van der Waals surface area contributed by atoms with Gasteiger partial charge >= 0.3 is 77.9 Å². The molecule has 0 heterocycles. The minimum atomic E-state index is -3.17. The van der Waals surface area contributed by atoms with Crippen LogP contribution in [0.15, 0.2) is 70.9 Å². The van der Waals surface area contributed by atoms with Crippen molar-refractivity contribution in [2.24, 2.45) is 43.3 Å². The van der Waals surface area contributed by atoms with Crippen molar-refractivity contribution in [3.05, 3.63) is 95.2 Å². The van der Waals surface area contributed by atoms with E-state index < -0.39 is 29.6 Å². The molecule has 0 saturated heterocycles. The Morgan fingerprint density at radius 1 is 0.350 bits per heavy atom. The van der Waals surface area contributed by atoms with Gasteiger partial charge in [0.2, 0.25) is 0 Å². The van der Waals surface area contributed by atoms with E-state index in [4.69, 9.17) is 40.2 Å². The summed E-state index contributed by atoms with van der Waals surface area (Å²) in [4.78, 5) is 0. The van der Waals surface area contributed by atoms with E-state index in [2.05, 4.69) is 156 Å². The number of hydrogen-bond donors (Lipinski definition) is 0. The smallest absolute Gasteiger partial charge is 0.867 e. The summed E-state index contributed by atoms with van der Waals surface area (Å²) in [6.07, 6.45) is 36.5. The van der Waals surface area contributed by atoms with Crippen LogP contribution in [0.3, 0.4) is 0 Å². The van der Waals surface area contributed by atoms with Crippen LogP contribution in [-0.4, -0.2) is 29.6 Å². The normalized spacial score (nSPS) is 28.8. The molecule has 0 aromatic carbocycles. The quantitative estimate of drug-likeness (QED) is 0.199. The van der Waals surface area contributed by atoms with Gasteiger partial charge in [-0.1, -0.05) is 152 Å². The Kier molecular flexibility index (Phi) is 28.5. The molecule has 0 N–H and O–H groups in total.